The Morgan fingerprint density at radius 2 is 1.85 bits per heavy atom. The van der Waals surface area contributed by atoms with Crippen LogP contribution in [0.2, 0.25) is 0 Å². The first kappa shape index (κ1) is 21.0. The predicted octanol–water partition coefficient (Wildman–Crippen LogP) is 3.88. The average molecular weight is 386 g/mol. The number of hydrogen-bond donors (Lipinski definition) is 2. The highest BCUT2D eigenvalue weighted by Crippen LogP contribution is 2.31. The second kappa shape index (κ2) is 8.57. The van der Waals surface area contributed by atoms with Crippen molar-refractivity contribution in [1.29, 1.82) is 0 Å². The zero-order chi connectivity index (χ0) is 20.2. The normalized spacial score (nSPS) is 12.4. The lowest BCUT2D eigenvalue weighted by molar-refractivity contribution is -0.124. The summed E-state index contributed by atoms with van der Waals surface area (Å²) in [6, 6.07) is 8.98. The van der Waals surface area contributed by atoms with Crippen LogP contribution in [0.3, 0.4) is 0 Å². The summed E-state index contributed by atoms with van der Waals surface area (Å²) in [5.41, 5.74) is 2.43. The van der Waals surface area contributed by atoms with Gasteiger partial charge in [0.1, 0.15) is 11.1 Å². The second-order valence-corrected chi connectivity index (χ2v) is 8.69. The summed E-state index contributed by atoms with van der Waals surface area (Å²) >= 11 is 1.45. The molecule has 0 radical (unpaired) electrons. The van der Waals surface area contributed by atoms with Gasteiger partial charge in [-0.3, -0.25) is 9.59 Å². The van der Waals surface area contributed by atoms with Crippen molar-refractivity contribution in [3.05, 3.63) is 53.2 Å². The van der Waals surface area contributed by atoms with E-state index in [9.17, 15) is 9.59 Å². The first-order valence-electron chi connectivity index (χ1n) is 8.90. The van der Waals surface area contributed by atoms with Gasteiger partial charge in [0, 0.05) is 16.6 Å². The Balaban J connectivity index is 2.16. The van der Waals surface area contributed by atoms with Crippen LogP contribution in [-0.4, -0.2) is 28.4 Å². The third-order valence-electron chi connectivity index (χ3n) is 3.79. The smallest absolute Gasteiger partial charge is 0.254 e. The average Bonchev–Trinajstić information content (AvgIpc) is 2.56. The lowest BCUT2D eigenvalue weighted by Gasteiger charge is -2.23. The molecule has 2 N–H and O–H groups in total. The van der Waals surface area contributed by atoms with Gasteiger partial charge in [0.05, 0.1) is 5.56 Å². The molecule has 0 saturated heterocycles. The Hall–Kier alpha value is -2.34. The molecular weight excluding hydrogens is 358 g/mol. The summed E-state index contributed by atoms with van der Waals surface area (Å²) in [6.45, 7) is 11.5. The summed E-state index contributed by atoms with van der Waals surface area (Å²) < 4.78 is 0. The molecule has 0 aliphatic heterocycles. The maximum atomic E-state index is 12.7. The standard InChI is InChI=1S/C21H27N3O2S/c1-13-9-10-17(14(2)12-13)27-20-16(8-7-11-22-20)19(26)23-15(3)18(25)24-21(4,5)6/h7-12,15H,1-6H3,(H,23,26)(H,24,25). The molecule has 0 saturated carbocycles. The minimum atomic E-state index is -0.643. The van der Waals surface area contributed by atoms with Crippen molar-refractivity contribution in [3.8, 4) is 0 Å². The number of nitrogens with zero attached hydrogens (tertiary/aromatic N) is 1. The van der Waals surface area contributed by atoms with Crippen LogP contribution in [0.25, 0.3) is 0 Å². The molecule has 0 aliphatic rings. The van der Waals surface area contributed by atoms with Crippen LogP contribution >= 0.6 is 11.8 Å². The molecule has 1 heterocycles. The minimum Gasteiger partial charge on any atom is -0.350 e. The fourth-order valence-corrected chi connectivity index (χ4v) is 3.43. The van der Waals surface area contributed by atoms with Crippen LogP contribution in [-0.2, 0) is 4.79 Å². The number of hydrogen-bond acceptors (Lipinski definition) is 4. The zero-order valence-corrected chi connectivity index (χ0v) is 17.5. The maximum Gasteiger partial charge on any atom is 0.254 e. The van der Waals surface area contributed by atoms with E-state index in [0.29, 0.717) is 10.6 Å². The van der Waals surface area contributed by atoms with Crippen molar-refractivity contribution in [1.82, 2.24) is 15.6 Å². The number of amides is 2. The highest BCUT2D eigenvalue weighted by molar-refractivity contribution is 7.99. The number of aromatic nitrogens is 1. The van der Waals surface area contributed by atoms with E-state index in [1.807, 2.05) is 46.8 Å². The fourth-order valence-electron chi connectivity index (χ4n) is 2.48. The topological polar surface area (TPSA) is 71.1 Å². The van der Waals surface area contributed by atoms with E-state index in [4.69, 9.17) is 0 Å². The molecule has 6 heteroatoms. The summed E-state index contributed by atoms with van der Waals surface area (Å²) in [6.07, 6.45) is 1.67. The lowest BCUT2D eigenvalue weighted by atomic mass is 10.1. The number of rotatable bonds is 5. The van der Waals surface area contributed by atoms with Gasteiger partial charge in [-0.05, 0) is 65.3 Å². The molecule has 0 spiro atoms. The van der Waals surface area contributed by atoms with Gasteiger partial charge >= 0.3 is 0 Å². The predicted molar refractivity (Wildman–Crippen MR) is 109 cm³/mol. The molecular formula is C21H27N3O2S. The first-order valence-corrected chi connectivity index (χ1v) is 9.71. The molecule has 2 aromatic rings. The van der Waals surface area contributed by atoms with Gasteiger partial charge in [-0.1, -0.05) is 29.5 Å². The molecule has 1 aromatic heterocycles. The van der Waals surface area contributed by atoms with Crippen LogP contribution in [0, 0.1) is 13.8 Å². The van der Waals surface area contributed by atoms with Crippen molar-refractivity contribution >= 4 is 23.6 Å². The van der Waals surface area contributed by atoms with Crippen molar-refractivity contribution < 1.29 is 9.59 Å². The molecule has 1 unspecified atom stereocenters. The van der Waals surface area contributed by atoms with Crippen molar-refractivity contribution in [2.75, 3.05) is 0 Å². The minimum absolute atomic E-state index is 0.219. The summed E-state index contributed by atoms with van der Waals surface area (Å²) in [5.74, 6) is -0.532. The molecule has 5 nitrogen and oxygen atoms in total. The fraction of sp³-hybridized carbons (Fsp3) is 0.381. The van der Waals surface area contributed by atoms with Gasteiger partial charge < -0.3 is 10.6 Å². The van der Waals surface area contributed by atoms with Gasteiger partial charge in [0.2, 0.25) is 5.91 Å². The van der Waals surface area contributed by atoms with E-state index in [0.717, 1.165) is 10.5 Å². The SMILES string of the molecule is Cc1ccc(Sc2ncccc2C(=O)NC(C)C(=O)NC(C)(C)C)c(C)c1. The molecule has 144 valence electrons. The van der Waals surface area contributed by atoms with Gasteiger partial charge in [0.25, 0.3) is 5.91 Å². The summed E-state index contributed by atoms with van der Waals surface area (Å²) in [7, 11) is 0. The molecule has 1 atom stereocenters. The van der Waals surface area contributed by atoms with Gasteiger partial charge in [-0.2, -0.15) is 0 Å². The number of benzene rings is 1. The van der Waals surface area contributed by atoms with Gasteiger partial charge in [0.15, 0.2) is 0 Å². The van der Waals surface area contributed by atoms with Gasteiger partial charge in [-0.25, -0.2) is 4.98 Å². The number of carbonyl (C=O) groups excluding carboxylic acids is 2. The molecule has 0 bridgehead atoms. The third-order valence-corrected chi connectivity index (χ3v) is 4.99. The van der Waals surface area contributed by atoms with E-state index in [1.165, 1.54) is 17.3 Å². The van der Waals surface area contributed by atoms with E-state index in [-0.39, 0.29) is 17.4 Å². The summed E-state index contributed by atoms with van der Waals surface area (Å²) in [4.78, 5) is 30.4. The number of nitrogens with one attached hydrogen (secondary N) is 2. The first-order chi connectivity index (χ1) is 12.6. The highest BCUT2D eigenvalue weighted by Gasteiger charge is 2.22. The van der Waals surface area contributed by atoms with Crippen molar-refractivity contribution in [3.63, 3.8) is 0 Å². The molecule has 2 amide bonds. The number of carbonyl (C=O) groups is 2. The zero-order valence-electron chi connectivity index (χ0n) is 16.7. The van der Waals surface area contributed by atoms with Crippen LogP contribution in [0.15, 0.2) is 46.5 Å². The van der Waals surface area contributed by atoms with Gasteiger partial charge in [-0.15, -0.1) is 0 Å². The van der Waals surface area contributed by atoms with Crippen LogP contribution in [0.5, 0.6) is 0 Å². The molecule has 0 fully saturated rings. The maximum absolute atomic E-state index is 12.7. The van der Waals surface area contributed by atoms with Crippen molar-refractivity contribution in [2.45, 2.75) is 63.0 Å². The Morgan fingerprint density at radius 1 is 1.15 bits per heavy atom. The Labute approximate surface area is 165 Å². The van der Waals surface area contributed by atoms with Crippen LogP contribution in [0.1, 0.15) is 49.2 Å². The third kappa shape index (κ3) is 6.10. The van der Waals surface area contributed by atoms with Crippen LogP contribution in [0.4, 0.5) is 0 Å². The summed E-state index contributed by atoms with van der Waals surface area (Å²) in [5, 5.41) is 6.25. The largest absolute Gasteiger partial charge is 0.350 e. The van der Waals surface area contributed by atoms with Crippen LogP contribution < -0.4 is 10.6 Å². The Morgan fingerprint density at radius 3 is 2.48 bits per heavy atom. The number of pyridine rings is 1. The Bertz CT molecular complexity index is 844. The van der Waals surface area contributed by atoms with E-state index < -0.39 is 6.04 Å². The Kier molecular flexibility index (Phi) is 6.65. The highest BCUT2D eigenvalue weighted by atomic mass is 32.2. The molecule has 0 aliphatic carbocycles. The van der Waals surface area contributed by atoms with Crippen molar-refractivity contribution in [2.24, 2.45) is 0 Å². The monoisotopic (exact) mass is 385 g/mol. The molecule has 2 rings (SSSR count). The van der Waals surface area contributed by atoms with E-state index in [1.54, 1.807) is 25.3 Å². The van der Waals surface area contributed by atoms with E-state index in [2.05, 4.69) is 21.7 Å². The molecule has 27 heavy (non-hydrogen) atoms. The van der Waals surface area contributed by atoms with E-state index >= 15 is 0 Å². The quantitative estimate of drug-likeness (QED) is 0.819. The number of aryl methyl sites for hydroxylation is 2. The second-order valence-electron chi connectivity index (χ2n) is 7.66. The lowest BCUT2D eigenvalue weighted by Crippen LogP contribution is -2.50. The molecule has 1 aromatic carbocycles.